The quantitative estimate of drug-likeness (QED) is 0.498. The van der Waals surface area contributed by atoms with Crippen molar-refractivity contribution in [2.24, 2.45) is 5.73 Å². The molecule has 4 aromatic heterocycles. The number of pyridine rings is 1. The number of nitrogens with one attached hydrogen (secondary N) is 1. The van der Waals surface area contributed by atoms with Crippen molar-refractivity contribution in [3.8, 4) is 33.8 Å². The van der Waals surface area contributed by atoms with Crippen molar-refractivity contribution in [2.75, 3.05) is 14.1 Å². The third-order valence-corrected chi connectivity index (χ3v) is 5.86. The molecule has 4 aromatic rings. The first-order chi connectivity index (χ1) is 15.0. The van der Waals surface area contributed by atoms with Gasteiger partial charge < -0.3 is 15.1 Å². The molecule has 9 nitrogen and oxygen atoms in total. The van der Waals surface area contributed by atoms with Gasteiger partial charge in [0.15, 0.2) is 5.76 Å². The van der Waals surface area contributed by atoms with Crippen LogP contribution in [0.4, 0.5) is 0 Å². The maximum Gasteiger partial charge on any atom is 0.285 e. The summed E-state index contributed by atoms with van der Waals surface area (Å²) in [6, 6.07) is 8.32. The summed E-state index contributed by atoms with van der Waals surface area (Å²) in [5.41, 5.74) is 9.16. The van der Waals surface area contributed by atoms with E-state index in [2.05, 4.69) is 34.2 Å². The predicted octanol–water partition coefficient (Wildman–Crippen LogP) is 2.96. The lowest BCUT2D eigenvalue weighted by Crippen LogP contribution is -2.41. The molecule has 0 bridgehead atoms. The number of hydrogen-bond donors (Lipinski definition) is 2. The van der Waals surface area contributed by atoms with Gasteiger partial charge >= 0.3 is 0 Å². The van der Waals surface area contributed by atoms with Crippen molar-refractivity contribution >= 4 is 5.91 Å². The van der Waals surface area contributed by atoms with E-state index in [0.29, 0.717) is 29.1 Å². The number of aromatic nitrogens is 5. The van der Waals surface area contributed by atoms with Gasteiger partial charge in [-0.05, 0) is 45.1 Å². The largest absolute Gasteiger partial charge is 0.450 e. The molecule has 0 aromatic carbocycles. The van der Waals surface area contributed by atoms with E-state index in [0.717, 1.165) is 29.7 Å². The molecule has 1 aliphatic carbocycles. The minimum atomic E-state index is -0.638. The standard InChI is InChI=1S/C22H23N7O2/c1-28(2)14-7-15(8-14)29-12-17(20(27-29)18-5-3-4-6-24-18)16-9-19(13-10-25-26-11-13)31-21(16)22(23)30/h3-6,9-12,14-15H,7-8H2,1-2H3,(H2,23,30)(H,25,26). The lowest BCUT2D eigenvalue weighted by atomic mass is 9.86. The van der Waals surface area contributed by atoms with Gasteiger partial charge in [-0.3, -0.25) is 19.6 Å². The lowest BCUT2D eigenvalue weighted by Gasteiger charge is -2.39. The van der Waals surface area contributed by atoms with Crippen LogP contribution in [0.3, 0.4) is 0 Å². The average molecular weight is 417 g/mol. The second-order valence-electron chi connectivity index (χ2n) is 8.03. The number of carbonyl (C=O) groups excluding carboxylic acids is 1. The highest BCUT2D eigenvalue weighted by atomic mass is 16.4. The van der Waals surface area contributed by atoms with E-state index in [1.165, 1.54) is 0 Å². The topological polar surface area (TPSA) is 119 Å². The summed E-state index contributed by atoms with van der Waals surface area (Å²) in [6.07, 6.45) is 9.06. The highest BCUT2D eigenvalue weighted by Crippen LogP contribution is 2.40. The minimum Gasteiger partial charge on any atom is -0.450 e. The van der Waals surface area contributed by atoms with Crippen LogP contribution in [0, 0.1) is 0 Å². The molecule has 0 aliphatic heterocycles. The molecule has 4 heterocycles. The molecule has 0 unspecified atom stereocenters. The summed E-state index contributed by atoms with van der Waals surface area (Å²) in [5, 5.41) is 11.6. The van der Waals surface area contributed by atoms with E-state index in [1.54, 1.807) is 18.6 Å². The molecule has 1 amide bonds. The van der Waals surface area contributed by atoms with Gasteiger partial charge in [0.25, 0.3) is 5.91 Å². The first-order valence-corrected chi connectivity index (χ1v) is 10.1. The lowest BCUT2D eigenvalue weighted by molar-refractivity contribution is 0.0975. The van der Waals surface area contributed by atoms with Crippen LogP contribution in [0.25, 0.3) is 33.8 Å². The van der Waals surface area contributed by atoms with Crippen LogP contribution in [-0.4, -0.2) is 55.9 Å². The summed E-state index contributed by atoms with van der Waals surface area (Å²) in [5.74, 6) is -0.0397. The number of H-pyrrole nitrogens is 1. The van der Waals surface area contributed by atoms with Gasteiger partial charge in [-0.25, -0.2) is 0 Å². The van der Waals surface area contributed by atoms with Crippen LogP contribution in [0.15, 0.2) is 53.5 Å². The van der Waals surface area contributed by atoms with Crippen LogP contribution in [0.2, 0.25) is 0 Å². The van der Waals surface area contributed by atoms with Crippen LogP contribution in [0.1, 0.15) is 29.4 Å². The van der Waals surface area contributed by atoms with Crippen LogP contribution >= 0.6 is 0 Å². The molecular formula is C22H23N7O2. The Kier molecular flexibility index (Phi) is 4.67. The summed E-state index contributed by atoms with van der Waals surface area (Å²) >= 11 is 0. The van der Waals surface area contributed by atoms with Crippen molar-refractivity contribution < 1.29 is 9.21 Å². The van der Waals surface area contributed by atoms with Crippen molar-refractivity contribution in [1.29, 1.82) is 0 Å². The molecule has 158 valence electrons. The fourth-order valence-electron chi connectivity index (χ4n) is 3.97. The van der Waals surface area contributed by atoms with Crippen LogP contribution in [-0.2, 0) is 0 Å². The number of nitrogens with two attached hydrogens (primary N) is 1. The van der Waals surface area contributed by atoms with E-state index in [4.69, 9.17) is 15.2 Å². The molecule has 31 heavy (non-hydrogen) atoms. The van der Waals surface area contributed by atoms with E-state index >= 15 is 0 Å². The number of primary amides is 1. The zero-order chi connectivity index (χ0) is 21.5. The predicted molar refractivity (Wildman–Crippen MR) is 115 cm³/mol. The summed E-state index contributed by atoms with van der Waals surface area (Å²) in [6.45, 7) is 0. The number of rotatable bonds is 6. The summed E-state index contributed by atoms with van der Waals surface area (Å²) < 4.78 is 7.81. The first-order valence-electron chi connectivity index (χ1n) is 10.1. The SMILES string of the molecule is CN(C)C1CC(n2cc(-c3cc(-c4cn[nH]c4)oc3C(N)=O)c(-c3ccccn3)n2)C1. The molecule has 1 fully saturated rings. The molecule has 1 aliphatic rings. The van der Waals surface area contributed by atoms with Crippen LogP contribution < -0.4 is 5.73 Å². The van der Waals surface area contributed by atoms with Gasteiger partial charge in [0.2, 0.25) is 0 Å². The Morgan fingerprint density at radius 3 is 2.77 bits per heavy atom. The Morgan fingerprint density at radius 1 is 1.29 bits per heavy atom. The number of nitrogens with zero attached hydrogens (tertiary/aromatic N) is 5. The van der Waals surface area contributed by atoms with Crippen molar-refractivity contribution in [3.05, 3.63) is 54.8 Å². The molecule has 0 radical (unpaired) electrons. The molecule has 5 rings (SSSR count). The fraction of sp³-hybridized carbons (Fsp3) is 0.273. The molecule has 0 saturated heterocycles. The Balaban J connectivity index is 1.62. The van der Waals surface area contributed by atoms with Gasteiger partial charge in [-0.2, -0.15) is 10.2 Å². The number of aromatic amines is 1. The number of amides is 1. The molecule has 9 heteroatoms. The zero-order valence-corrected chi connectivity index (χ0v) is 17.3. The van der Waals surface area contributed by atoms with E-state index in [9.17, 15) is 4.79 Å². The molecule has 3 N–H and O–H groups in total. The fourth-order valence-corrected chi connectivity index (χ4v) is 3.97. The summed E-state index contributed by atoms with van der Waals surface area (Å²) in [7, 11) is 4.19. The Bertz CT molecular complexity index is 1200. The Hall–Kier alpha value is -3.72. The van der Waals surface area contributed by atoms with E-state index < -0.39 is 5.91 Å². The van der Waals surface area contributed by atoms with Crippen molar-refractivity contribution in [3.63, 3.8) is 0 Å². The Morgan fingerprint density at radius 2 is 2.13 bits per heavy atom. The van der Waals surface area contributed by atoms with Gasteiger partial charge in [0.05, 0.1) is 23.5 Å². The van der Waals surface area contributed by atoms with Gasteiger partial charge in [0, 0.05) is 35.8 Å². The highest BCUT2D eigenvalue weighted by molar-refractivity contribution is 6.00. The van der Waals surface area contributed by atoms with Crippen molar-refractivity contribution in [1.82, 2.24) is 29.9 Å². The first kappa shape index (κ1) is 19.3. The number of carbonyl (C=O) groups is 1. The van der Waals surface area contributed by atoms with Crippen molar-refractivity contribution in [2.45, 2.75) is 24.9 Å². The second kappa shape index (κ2) is 7.51. The van der Waals surface area contributed by atoms with E-state index in [-0.39, 0.29) is 5.76 Å². The Labute approximate surface area is 178 Å². The third kappa shape index (κ3) is 3.42. The molecule has 0 spiro atoms. The maximum atomic E-state index is 12.2. The normalized spacial score (nSPS) is 18.3. The van der Waals surface area contributed by atoms with E-state index in [1.807, 2.05) is 35.1 Å². The maximum absolute atomic E-state index is 12.2. The molecule has 1 saturated carbocycles. The second-order valence-corrected chi connectivity index (χ2v) is 8.03. The molecular weight excluding hydrogens is 394 g/mol. The monoisotopic (exact) mass is 417 g/mol. The van der Waals surface area contributed by atoms with Gasteiger partial charge in [-0.1, -0.05) is 6.07 Å². The van der Waals surface area contributed by atoms with Gasteiger partial charge in [-0.15, -0.1) is 0 Å². The molecule has 0 atom stereocenters. The zero-order valence-electron chi connectivity index (χ0n) is 17.3. The average Bonchev–Trinajstić information content (AvgIpc) is 3.45. The summed E-state index contributed by atoms with van der Waals surface area (Å²) in [4.78, 5) is 18.9. The third-order valence-electron chi connectivity index (χ3n) is 5.86. The smallest absolute Gasteiger partial charge is 0.285 e. The minimum absolute atomic E-state index is 0.0905. The number of furan rings is 1. The van der Waals surface area contributed by atoms with Crippen LogP contribution in [0.5, 0.6) is 0 Å². The highest BCUT2D eigenvalue weighted by Gasteiger charge is 2.34. The number of hydrogen-bond acceptors (Lipinski definition) is 6. The van der Waals surface area contributed by atoms with Gasteiger partial charge in [0.1, 0.15) is 11.5 Å².